The van der Waals surface area contributed by atoms with Gasteiger partial charge in [-0.05, 0) is 31.7 Å². The Balaban J connectivity index is 2.38. The number of nitrogens with one attached hydrogen (secondary N) is 1. The third-order valence-electron chi connectivity index (χ3n) is 2.78. The molecule has 0 radical (unpaired) electrons. The Kier molecular flexibility index (Phi) is 5.17. The molecule has 6 heteroatoms. The highest BCUT2D eigenvalue weighted by Gasteiger charge is 2.18. The summed E-state index contributed by atoms with van der Waals surface area (Å²) < 4.78 is 5.46. The topological polar surface area (TPSA) is 47.0 Å². The molecule has 0 saturated heterocycles. The molecular weight excluding hydrogens is 297 g/mol. The van der Waals surface area contributed by atoms with E-state index in [1.54, 1.807) is 24.7 Å². The number of ether oxygens (including phenoxy) is 1. The molecule has 0 aliphatic rings. The lowest BCUT2D eigenvalue weighted by atomic mass is 10.1. The average molecular weight is 312 g/mol. The Bertz CT molecular complexity index is 592. The van der Waals surface area contributed by atoms with Crippen LogP contribution in [0.25, 0.3) is 0 Å². The number of rotatable bonds is 5. The molecule has 0 aromatic carbocycles. The minimum Gasteiger partial charge on any atom is -0.492 e. The molecule has 4 nitrogen and oxygen atoms in total. The fourth-order valence-corrected chi connectivity index (χ4v) is 2.43. The van der Waals surface area contributed by atoms with Crippen molar-refractivity contribution in [1.82, 2.24) is 15.3 Å². The predicted molar refractivity (Wildman–Crippen MR) is 80.6 cm³/mol. The van der Waals surface area contributed by atoms with Gasteiger partial charge >= 0.3 is 0 Å². The molecule has 0 aliphatic heterocycles. The van der Waals surface area contributed by atoms with Crippen molar-refractivity contribution in [2.75, 3.05) is 13.7 Å². The van der Waals surface area contributed by atoms with Crippen LogP contribution in [-0.2, 0) is 0 Å². The lowest BCUT2D eigenvalue weighted by Gasteiger charge is -2.18. The van der Waals surface area contributed by atoms with E-state index in [1.165, 1.54) is 0 Å². The van der Waals surface area contributed by atoms with Gasteiger partial charge in [0.25, 0.3) is 0 Å². The number of pyridine rings is 2. The molecule has 1 atom stereocenters. The van der Waals surface area contributed by atoms with Crippen LogP contribution >= 0.6 is 23.2 Å². The lowest BCUT2D eigenvalue weighted by Crippen LogP contribution is -2.19. The minimum absolute atomic E-state index is 0.173. The first-order valence-electron chi connectivity index (χ1n) is 6.21. The predicted octanol–water partition coefficient (Wildman–Crippen LogP) is 3.49. The third-order valence-corrected chi connectivity index (χ3v) is 3.29. The monoisotopic (exact) mass is 311 g/mol. The summed E-state index contributed by atoms with van der Waals surface area (Å²) in [4.78, 5) is 8.49. The smallest absolute Gasteiger partial charge is 0.137 e. The summed E-state index contributed by atoms with van der Waals surface area (Å²) in [5, 5.41) is 4.20. The van der Waals surface area contributed by atoms with Crippen molar-refractivity contribution in [2.45, 2.75) is 13.0 Å². The second kappa shape index (κ2) is 6.88. The molecule has 0 aliphatic carbocycles. The molecule has 0 spiro atoms. The maximum atomic E-state index is 6.22. The Hall–Kier alpha value is -1.36. The van der Waals surface area contributed by atoms with Crippen LogP contribution in [0.4, 0.5) is 0 Å². The zero-order valence-corrected chi connectivity index (χ0v) is 12.7. The second-order valence-electron chi connectivity index (χ2n) is 4.13. The number of aromatic nitrogens is 2. The third kappa shape index (κ3) is 3.39. The van der Waals surface area contributed by atoms with E-state index in [0.29, 0.717) is 22.3 Å². The van der Waals surface area contributed by atoms with Crippen LogP contribution in [0.1, 0.15) is 24.2 Å². The van der Waals surface area contributed by atoms with Crippen molar-refractivity contribution in [3.63, 3.8) is 0 Å². The molecule has 2 aromatic rings. The Morgan fingerprint density at radius 3 is 2.70 bits per heavy atom. The van der Waals surface area contributed by atoms with Crippen LogP contribution in [0, 0.1) is 0 Å². The number of halogens is 2. The molecule has 2 rings (SSSR count). The summed E-state index contributed by atoms with van der Waals surface area (Å²) in [6.45, 7) is 2.52. The second-order valence-corrected chi connectivity index (χ2v) is 4.97. The van der Waals surface area contributed by atoms with E-state index in [4.69, 9.17) is 27.9 Å². The van der Waals surface area contributed by atoms with Crippen molar-refractivity contribution in [1.29, 1.82) is 0 Å². The Morgan fingerprint density at radius 1 is 1.25 bits per heavy atom. The van der Waals surface area contributed by atoms with Crippen molar-refractivity contribution >= 4 is 23.2 Å². The van der Waals surface area contributed by atoms with Gasteiger partial charge in [-0.15, -0.1) is 0 Å². The maximum absolute atomic E-state index is 6.22. The summed E-state index contributed by atoms with van der Waals surface area (Å²) in [6, 6.07) is 3.42. The van der Waals surface area contributed by atoms with E-state index >= 15 is 0 Å². The Morgan fingerprint density at radius 2 is 2.05 bits per heavy atom. The van der Waals surface area contributed by atoms with Gasteiger partial charge in [0, 0.05) is 12.4 Å². The maximum Gasteiger partial charge on any atom is 0.137 e. The molecule has 2 heterocycles. The van der Waals surface area contributed by atoms with Gasteiger partial charge in [0.15, 0.2) is 0 Å². The van der Waals surface area contributed by atoms with Crippen LogP contribution in [0.15, 0.2) is 30.7 Å². The first kappa shape index (κ1) is 15.0. The van der Waals surface area contributed by atoms with Gasteiger partial charge < -0.3 is 10.1 Å². The van der Waals surface area contributed by atoms with Gasteiger partial charge in [-0.2, -0.15) is 0 Å². The molecule has 0 saturated carbocycles. The van der Waals surface area contributed by atoms with E-state index in [1.807, 2.05) is 20.0 Å². The van der Waals surface area contributed by atoms with Gasteiger partial charge in [0.05, 0.1) is 34.6 Å². The van der Waals surface area contributed by atoms with Crippen molar-refractivity contribution < 1.29 is 4.74 Å². The average Bonchev–Trinajstić information content (AvgIpc) is 2.43. The zero-order chi connectivity index (χ0) is 14.5. The highest BCUT2D eigenvalue weighted by molar-refractivity contribution is 6.34. The zero-order valence-electron chi connectivity index (χ0n) is 11.2. The molecule has 0 amide bonds. The highest BCUT2D eigenvalue weighted by atomic mass is 35.5. The molecule has 0 fully saturated rings. The van der Waals surface area contributed by atoms with Crippen LogP contribution in [0.3, 0.4) is 0 Å². The van der Waals surface area contributed by atoms with Crippen LogP contribution < -0.4 is 10.1 Å². The van der Waals surface area contributed by atoms with Crippen LogP contribution in [0.2, 0.25) is 10.0 Å². The van der Waals surface area contributed by atoms with Crippen molar-refractivity contribution in [2.24, 2.45) is 0 Å². The first-order valence-corrected chi connectivity index (χ1v) is 6.97. The van der Waals surface area contributed by atoms with E-state index in [-0.39, 0.29) is 6.04 Å². The van der Waals surface area contributed by atoms with Crippen LogP contribution in [0.5, 0.6) is 5.75 Å². The number of hydrogen-bond acceptors (Lipinski definition) is 4. The fourth-order valence-electron chi connectivity index (χ4n) is 1.94. The molecule has 106 valence electrons. The van der Waals surface area contributed by atoms with Gasteiger partial charge in [0.1, 0.15) is 5.75 Å². The van der Waals surface area contributed by atoms with E-state index in [0.717, 1.165) is 11.3 Å². The standard InChI is InChI=1S/C14H15Cl2N3O/c1-3-20-11-4-9(6-18-8-11)13(17-2)14-12(16)5-10(15)7-19-14/h4-8,13,17H,3H2,1-2H3. The van der Waals surface area contributed by atoms with Gasteiger partial charge in [-0.25, -0.2) is 0 Å². The van der Waals surface area contributed by atoms with E-state index in [9.17, 15) is 0 Å². The number of nitrogens with zero attached hydrogens (tertiary/aromatic N) is 2. The van der Waals surface area contributed by atoms with E-state index in [2.05, 4.69) is 15.3 Å². The molecule has 1 N–H and O–H groups in total. The molecular formula is C14H15Cl2N3O. The lowest BCUT2D eigenvalue weighted by molar-refractivity contribution is 0.338. The quantitative estimate of drug-likeness (QED) is 0.918. The van der Waals surface area contributed by atoms with Gasteiger partial charge in [-0.1, -0.05) is 23.2 Å². The molecule has 0 bridgehead atoms. The summed E-state index contributed by atoms with van der Waals surface area (Å²) >= 11 is 12.1. The number of hydrogen-bond donors (Lipinski definition) is 1. The van der Waals surface area contributed by atoms with Crippen molar-refractivity contribution in [3.05, 3.63) is 52.0 Å². The Labute approximate surface area is 128 Å². The minimum atomic E-state index is -0.173. The molecule has 20 heavy (non-hydrogen) atoms. The highest BCUT2D eigenvalue weighted by Crippen LogP contribution is 2.29. The summed E-state index contributed by atoms with van der Waals surface area (Å²) in [6.07, 6.45) is 5.01. The molecule has 1 unspecified atom stereocenters. The SMILES string of the molecule is CCOc1cncc(C(NC)c2ncc(Cl)cc2Cl)c1. The summed E-state index contributed by atoms with van der Waals surface area (Å²) in [5.41, 5.74) is 1.63. The van der Waals surface area contributed by atoms with Gasteiger partial charge in [0.2, 0.25) is 0 Å². The van der Waals surface area contributed by atoms with Crippen molar-refractivity contribution in [3.8, 4) is 5.75 Å². The normalized spacial score (nSPS) is 12.2. The summed E-state index contributed by atoms with van der Waals surface area (Å²) in [5.74, 6) is 0.718. The summed E-state index contributed by atoms with van der Waals surface area (Å²) in [7, 11) is 1.84. The fraction of sp³-hybridized carbons (Fsp3) is 0.286. The largest absolute Gasteiger partial charge is 0.492 e. The molecule has 2 aromatic heterocycles. The van der Waals surface area contributed by atoms with E-state index < -0.39 is 0 Å². The van der Waals surface area contributed by atoms with Gasteiger partial charge in [-0.3, -0.25) is 9.97 Å². The van der Waals surface area contributed by atoms with Crippen LogP contribution in [-0.4, -0.2) is 23.6 Å². The first-order chi connectivity index (χ1) is 9.65.